The molecule has 4 aromatic rings. The number of halogens is 3. The van der Waals surface area contributed by atoms with Crippen molar-refractivity contribution >= 4 is 93.6 Å². The van der Waals surface area contributed by atoms with E-state index in [9.17, 15) is 62.6 Å². The SMILES string of the molecule is CCN1CCN(CC(=O)O)CCN(CC(=O)O)CCN(COC=O)C(Cc2ccc(NC(=S)N[C@@H](CCCCNC(=O)CCCc3ccc(I)cc3)C(=O)NCCOCCOCc3cn(Cc4cccc5c4CN(C(=O)C[C@@H]4C[C@@H](C(=O)N6CC(F)(F)C[C@H]6C#N)NC4=O)C5)nn3)cc2)C1. The Morgan fingerprint density at radius 2 is 1.59 bits per heavy atom. The van der Waals surface area contributed by atoms with E-state index >= 15 is 0 Å². The highest BCUT2D eigenvalue weighted by Gasteiger charge is 2.50. The Kier molecular flexibility index (Phi) is 30.6. The third kappa shape index (κ3) is 25.0. The molecule has 3 saturated heterocycles. The number of ether oxygens (including phenoxy) is 3. The summed E-state index contributed by atoms with van der Waals surface area (Å²) in [6.45, 7) is 7.17. The number of nitriles is 1. The molecule has 8 rings (SSSR count). The van der Waals surface area contributed by atoms with Gasteiger partial charge in [-0.05, 0) is 138 Å². The molecule has 0 saturated carbocycles. The first-order chi connectivity index (χ1) is 48.1. The molecule has 0 spiro atoms. The number of hydrogen-bond donors (Lipinski definition) is 7. The third-order valence-corrected chi connectivity index (χ3v) is 19.0. The lowest BCUT2D eigenvalue weighted by atomic mass is 9.99. The number of rotatable bonds is 35. The molecule has 542 valence electrons. The summed E-state index contributed by atoms with van der Waals surface area (Å²) in [5, 5.41) is 52.4. The van der Waals surface area contributed by atoms with Crippen molar-refractivity contribution in [3.8, 4) is 6.07 Å². The first-order valence-electron chi connectivity index (χ1n) is 33.8. The molecule has 1 unspecified atom stereocenters. The largest absolute Gasteiger partial charge is 0.480 e. The molecule has 5 atom stereocenters. The number of anilines is 1. The number of hydrogen-bond acceptors (Lipinski definition) is 19. The lowest BCUT2D eigenvalue weighted by molar-refractivity contribution is -0.140. The van der Waals surface area contributed by atoms with Gasteiger partial charge in [-0.15, -0.1) is 5.10 Å². The highest BCUT2D eigenvalue weighted by atomic mass is 127. The Morgan fingerprint density at radius 3 is 2.30 bits per heavy atom. The van der Waals surface area contributed by atoms with Gasteiger partial charge in [0.25, 0.3) is 12.4 Å². The third-order valence-electron chi connectivity index (χ3n) is 18.1. The van der Waals surface area contributed by atoms with E-state index in [1.165, 1.54) is 5.56 Å². The summed E-state index contributed by atoms with van der Waals surface area (Å²) in [5.41, 5.74) is 6.16. The molecule has 0 radical (unpaired) electrons. The Balaban J connectivity index is 0.783. The van der Waals surface area contributed by atoms with Gasteiger partial charge in [0.1, 0.15) is 30.6 Å². The van der Waals surface area contributed by atoms with Gasteiger partial charge in [0, 0.05) is 112 Å². The minimum Gasteiger partial charge on any atom is -0.480 e. The fourth-order valence-corrected chi connectivity index (χ4v) is 13.3. The number of aliphatic carboxylic acids is 2. The van der Waals surface area contributed by atoms with Crippen molar-refractivity contribution in [3.05, 3.63) is 110 Å². The number of carbonyl (C=O) groups is 8. The number of fused-ring (bicyclic) bond motifs is 1. The number of alkyl halides is 2. The Hall–Kier alpha value is -7.91. The van der Waals surface area contributed by atoms with Gasteiger partial charge in [0.15, 0.2) is 5.11 Å². The van der Waals surface area contributed by atoms with Crippen LogP contribution in [0, 0.1) is 20.8 Å². The molecular formula is C68H90F2IN15O13S. The lowest BCUT2D eigenvalue weighted by Gasteiger charge is -2.37. The van der Waals surface area contributed by atoms with Crippen molar-refractivity contribution in [3.63, 3.8) is 0 Å². The fourth-order valence-electron chi connectivity index (χ4n) is 12.7. The number of aryl methyl sites for hydroxylation is 1. The van der Waals surface area contributed by atoms with Crippen LogP contribution in [0.2, 0.25) is 0 Å². The van der Waals surface area contributed by atoms with Crippen molar-refractivity contribution in [2.75, 3.05) is 117 Å². The molecule has 4 aliphatic rings. The smallest absolute Gasteiger partial charge is 0.317 e. The van der Waals surface area contributed by atoms with Gasteiger partial charge in [-0.2, -0.15) is 5.26 Å². The zero-order chi connectivity index (χ0) is 71.6. The average Bonchev–Trinajstić information content (AvgIpc) is 1.65. The predicted molar refractivity (Wildman–Crippen MR) is 374 cm³/mol. The minimum absolute atomic E-state index is 0.0135. The van der Waals surface area contributed by atoms with Crippen molar-refractivity contribution < 1.29 is 71.6 Å². The fraction of sp³-hybridized carbons (Fsp3) is 0.559. The van der Waals surface area contributed by atoms with Crippen molar-refractivity contribution in [1.29, 1.82) is 5.26 Å². The standard InChI is InChI=1S/C68H90F2IN15O13S/c1-2-80-22-23-81(41-62(90)91)24-25-82(42-63(92)93)26-27-83(45-99-46-87)55(39-80)31-48-14-18-53(19-15-48)75-67(100)77-58(10-3-4-20-73-60(88)11-5-7-47-12-16-52(71)17-13-47)65(95)74-21-28-97-29-30-98-43-54-38-85(79-78-54)37-50-9-6-8-49-36-84(40-57(49)50)61(89)33-51-32-59(76-64(51)94)66(96)86-44-68(69,70)34-56(86)35-72/h6,8-9,12-19,38,46,51,55-56,58-59H,2-5,7,10-11,20-34,36-37,39-45H2,1H3,(H,73,88)(H,74,95)(H,76,94)(H,90,91)(H,92,93)(H2,75,77,100)/t51-,55?,56-,58-,59-/m0/s1. The first-order valence-corrected chi connectivity index (χ1v) is 35.3. The van der Waals surface area contributed by atoms with Crippen LogP contribution in [0.4, 0.5) is 14.5 Å². The number of thiocarbonyl (C=S) groups is 1. The molecule has 32 heteroatoms. The highest BCUT2D eigenvalue weighted by Crippen LogP contribution is 2.34. The molecule has 1 aromatic heterocycles. The summed E-state index contributed by atoms with van der Waals surface area (Å²) in [6.07, 6.45) is 4.85. The zero-order valence-corrected chi connectivity index (χ0v) is 59.2. The molecule has 0 bridgehead atoms. The number of nitrogens with one attached hydrogen (secondary N) is 5. The van der Waals surface area contributed by atoms with Gasteiger partial charge in [-0.1, -0.05) is 54.6 Å². The van der Waals surface area contributed by atoms with Crippen molar-refractivity contribution in [1.82, 2.24) is 65.7 Å². The summed E-state index contributed by atoms with van der Waals surface area (Å²) in [7, 11) is 0. The van der Waals surface area contributed by atoms with Crippen LogP contribution in [0.1, 0.15) is 91.8 Å². The van der Waals surface area contributed by atoms with E-state index in [0.29, 0.717) is 122 Å². The number of amides is 5. The second-order valence-corrected chi connectivity index (χ2v) is 27.2. The van der Waals surface area contributed by atoms with E-state index in [1.807, 2.05) is 71.3 Å². The summed E-state index contributed by atoms with van der Waals surface area (Å²) in [5.74, 6) is -7.89. The topological polar surface area (TPSA) is 339 Å². The number of unbranched alkanes of at least 4 members (excludes halogenated alkanes) is 1. The quantitative estimate of drug-likeness (QED) is 0.0150. The van der Waals surface area contributed by atoms with Gasteiger partial charge in [-0.3, -0.25) is 53.1 Å². The number of likely N-dealkylation sites (N-methyl/N-ethyl adjacent to an activating group) is 1. The minimum atomic E-state index is -3.20. The average molecular weight is 1520 g/mol. The first kappa shape index (κ1) is 77.8. The lowest BCUT2D eigenvalue weighted by Crippen LogP contribution is -2.52. The molecule has 28 nitrogen and oxygen atoms in total. The van der Waals surface area contributed by atoms with Crippen LogP contribution >= 0.6 is 34.8 Å². The van der Waals surface area contributed by atoms with E-state index < -0.39 is 66.7 Å². The van der Waals surface area contributed by atoms with Gasteiger partial charge in [0.2, 0.25) is 29.5 Å². The number of carbonyl (C=O) groups excluding carboxylic acids is 6. The van der Waals surface area contributed by atoms with E-state index in [-0.39, 0.29) is 101 Å². The van der Waals surface area contributed by atoms with Crippen LogP contribution in [0.3, 0.4) is 0 Å². The maximum Gasteiger partial charge on any atom is 0.317 e. The van der Waals surface area contributed by atoms with Crippen molar-refractivity contribution in [2.45, 2.75) is 127 Å². The number of carboxylic acid groups (broad SMARTS) is 2. The second-order valence-electron chi connectivity index (χ2n) is 25.5. The van der Waals surface area contributed by atoms with Gasteiger partial charge in [-0.25, -0.2) is 13.5 Å². The van der Waals surface area contributed by atoms with Gasteiger partial charge >= 0.3 is 11.9 Å². The summed E-state index contributed by atoms with van der Waals surface area (Å²) >= 11 is 8.05. The van der Waals surface area contributed by atoms with Crippen LogP contribution in [0.5, 0.6) is 0 Å². The van der Waals surface area contributed by atoms with Crippen LogP contribution in [-0.2, 0) is 91.6 Å². The maximum absolute atomic E-state index is 14.1. The van der Waals surface area contributed by atoms with E-state index in [2.05, 4.69) is 76.5 Å². The van der Waals surface area contributed by atoms with E-state index in [0.717, 1.165) is 43.6 Å². The monoisotopic (exact) mass is 1520 g/mol. The normalized spacial score (nSPS) is 19.5. The van der Waals surface area contributed by atoms with Crippen LogP contribution in [0.25, 0.3) is 0 Å². The van der Waals surface area contributed by atoms with Gasteiger partial charge < -0.3 is 65.7 Å². The molecule has 5 amide bonds. The van der Waals surface area contributed by atoms with Gasteiger partial charge in [0.05, 0.1) is 64.9 Å². The molecule has 7 N–H and O–H groups in total. The predicted octanol–water partition coefficient (Wildman–Crippen LogP) is 3.19. The zero-order valence-electron chi connectivity index (χ0n) is 56.2. The van der Waals surface area contributed by atoms with Crippen LogP contribution in [0.15, 0.2) is 72.9 Å². The highest BCUT2D eigenvalue weighted by molar-refractivity contribution is 14.1. The summed E-state index contributed by atoms with van der Waals surface area (Å²) in [6, 6.07) is 20.1. The molecule has 100 heavy (non-hydrogen) atoms. The Morgan fingerprint density at radius 1 is 0.880 bits per heavy atom. The molecule has 4 aliphatic heterocycles. The summed E-state index contributed by atoms with van der Waals surface area (Å²) < 4.78 is 47.9. The number of likely N-dealkylation sites (tertiary alicyclic amines) is 1. The molecule has 3 fully saturated rings. The summed E-state index contributed by atoms with van der Waals surface area (Å²) in [4.78, 5) is 112. The number of nitrogens with zero attached hydrogens (tertiary/aromatic N) is 10. The number of benzene rings is 3. The molecule has 3 aromatic carbocycles. The second kappa shape index (κ2) is 39.3. The maximum atomic E-state index is 14.1. The molecule has 0 aliphatic carbocycles. The Labute approximate surface area is 599 Å². The van der Waals surface area contributed by atoms with Crippen LogP contribution in [-0.4, -0.2) is 249 Å². The Bertz CT molecular complexity index is 3460. The molecular weight excluding hydrogens is 1430 g/mol. The molecule has 5 heterocycles. The van der Waals surface area contributed by atoms with Crippen LogP contribution < -0.4 is 26.6 Å². The number of aromatic nitrogens is 3. The van der Waals surface area contributed by atoms with Crippen molar-refractivity contribution in [2.24, 2.45) is 5.92 Å². The number of carboxylic acids is 2. The van der Waals surface area contributed by atoms with E-state index in [1.54, 1.807) is 26.7 Å². The van der Waals surface area contributed by atoms with E-state index in [4.69, 9.17) is 26.4 Å².